The lowest BCUT2D eigenvalue weighted by molar-refractivity contribution is 0.371. The summed E-state index contributed by atoms with van der Waals surface area (Å²) >= 11 is 1.69. The number of aromatic nitrogens is 3. The molecule has 1 aliphatic carbocycles. The summed E-state index contributed by atoms with van der Waals surface area (Å²) in [5.74, 6) is 1.78. The fourth-order valence-corrected chi connectivity index (χ4v) is 3.59. The van der Waals surface area contributed by atoms with Crippen LogP contribution < -0.4 is 5.32 Å². The molecule has 0 aliphatic heterocycles. The monoisotopic (exact) mass is 310 g/mol. The summed E-state index contributed by atoms with van der Waals surface area (Å²) < 4.78 is 2.30. The number of rotatable bonds is 8. The van der Waals surface area contributed by atoms with Gasteiger partial charge in [0.1, 0.15) is 5.82 Å². The van der Waals surface area contributed by atoms with Crippen LogP contribution >= 0.6 is 11.8 Å². The van der Waals surface area contributed by atoms with Gasteiger partial charge in [0.2, 0.25) is 0 Å². The SMILES string of the molecule is CSc1nnc(CCCNC2CCCCC2)n1CC(C)C. The molecule has 0 saturated heterocycles. The Balaban J connectivity index is 1.78. The Hall–Kier alpha value is -0.550. The molecule has 0 bridgehead atoms. The molecule has 21 heavy (non-hydrogen) atoms. The fourth-order valence-electron chi connectivity index (χ4n) is 3.06. The first-order valence-electron chi connectivity index (χ1n) is 8.40. The largest absolute Gasteiger partial charge is 0.314 e. The lowest BCUT2D eigenvalue weighted by Crippen LogP contribution is -2.32. The van der Waals surface area contributed by atoms with E-state index in [0.29, 0.717) is 5.92 Å². The minimum atomic E-state index is 0.631. The molecular weight excluding hydrogens is 280 g/mol. The molecule has 120 valence electrons. The Bertz CT molecular complexity index is 410. The Labute approximate surface area is 133 Å². The molecule has 5 heteroatoms. The van der Waals surface area contributed by atoms with Gasteiger partial charge in [-0.2, -0.15) is 0 Å². The van der Waals surface area contributed by atoms with Crippen molar-refractivity contribution in [3.05, 3.63) is 5.82 Å². The van der Waals surface area contributed by atoms with Gasteiger partial charge in [0.25, 0.3) is 0 Å². The van der Waals surface area contributed by atoms with Crippen molar-refractivity contribution >= 4 is 11.8 Å². The number of aryl methyl sites for hydroxylation is 1. The first kappa shape index (κ1) is 16.8. The highest BCUT2D eigenvalue weighted by molar-refractivity contribution is 7.98. The van der Waals surface area contributed by atoms with E-state index < -0.39 is 0 Å². The number of hydrogen-bond acceptors (Lipinski definition) is 4. The standard InChI is InChI=1S/C16H30N4S/c1-13(2)12-20-15(18-19-16(20)21-3)10-7-11-17-14-8-5-4-6-9-14/h13-14,17H,4-12H2,1-3H3. The third-order valence-electron chi connectivity index (χ3n) is 4.14. The molecule has 1 aromatic rings. The van der Waals surface area contributed by atoms with Crippen LogP contribution in [0.1, 0.15) is 58.2 Å². The second-order valence-electron chi connectivity index (χ2n) is 6.50. The summed E-state index contributed by atoms with van der Waals surface area (Å²) in [7, 11) is 0. The summed E-state index contributed by atoms with van der Waals surface area (Å²) in [4.78, 5) is 0. The quantitative estimate of drug-likeness (QED) is 0.589. The summed E-state index contributed by atoms with van der Waals surface area (Å²) in [5.41, 5.74) is 0. The van der Waals surface area contributed by atoms with Crippen molar-refractivity contribution < 1.29 is 0 Å². The van der Waals surface area contributed by atoms with Gasteiger partial charge in [0.05, 0.1) is 0 Å². The minimum absolute atomic E-state index is 0.631. The fraction of sp³-hybridized carbons (Fsp3) is 0.875. The molecule has 1 fully saturated rings. The Morgan fingerprint density at radius 3 is 2.67 bits per heavy atom. The van der Waals surface area contributed by atoms with Crippen LogP contribution in [0.4, 0.5) is 0 Å². The molecule has 0 radical (unpaired) electrons. The van der Waals surface area contributed by atoms with Crippen LogP contribution in [0.2, 0.25) is 0 Å². The molecule has 0 aromatic carbocycles. The maximum Gasteiger partial charge on any atom is 0.190 e. The van der Waals surface area contributed by atoms with Crippen LogP contribution in [0.15, 0.2) is 5.16 Å². The van der Waals surface area contributed by atoms with E-state index in [2.05, 4.69) is 40.2 Å². The Morgan fingerprint density at radius 1 is 1.24 bits per heavy atom. The van der Waals surface area contributed by atoms with Crippen molar-refractivity contribution in [1.29, 1.82) is 0 Å². The van der Waals surface area contributed by atoms with Crippen LogP contribution in [0, 0.1) is 5.92 Å². The molecule has 1 N–H and O–H groups in total. The van der Waals surface area contributed by atoms with Gasteiger partial charge in [-0.15, -0.1) is 10.2 Å². The van der Waals surface area contributed by atoms with Crippen molar-refractivity contribution in [2.45, 2.75) is 76.5 Å². The lowest BCUT2D eigenvalue weighted by atomic mass is 9.95. The summed E-state index contributed by atoms with van der Waals surface area (Å²) in [5, 5.41) is 13.5. The Kier molecular flexibility index (Phi) is 7.04. The number of thioether (sulfide) groups is 1. The van der Waals surface area contributed by atoms with E-state index in [4.69, 9.17) is 0 Å². The summed E-state index contributed by atoms with van der Waals surface area (Å²) in [6.45, 7) is 6.62. The zero-order valence-corrected chi connectivity index (χ0v) is 14.6. The third-order valence-corrected chi connectivity index (χ3v) is 4.81. The van der Waals surface area contributed by atoms with Gasteiger partial charge in [-0.1, -0.05) is 44.9 Å². The highest BCUT2D eigenvalue weighted by atomic mass is 32.2. The van der Waals surface area contributed by atoms with Crippen molar-refractivity contribution in [2.24, 2.45) is 5.92 Å². The zero-order valence-electron chi connectivity index (χ0n) is 13.8. The second-order valence-corrected chi connectivity index (χ2v) is 7.27. The molecule has 2 rings (SSSR count). The van der Waals surface area contributed by atoms with Crippen molar-refractivity contribution in [3.63, 3.8) is 0 Å². The van der Waals surface area contributed by atoms with Gasteiger partial charge in [-0.05, 0) is 38.0 Å². The van der Waals surface area contributed by atoms with Crippen molar-refractivity contribution in [1.82, 2.24) is 20.1 Å². The molecule has 0 amide bonds. The highest BCUT2D eigenvalue weighted by Crippen LogP contribution is 2.18. The second kappa shape index (κ2) is 8.79. The molecule has 1 aliphatic rings. The molecule has 0 spiro atoms. The molecule has 1 heterocycles. The molecule has 4 nitrogen and oxygen atoms in total. The van der Waals surface area contributed by atoms with E-state index in [1.165, 1.54) is 32.1 Å². The van der Waals surface area contributed by atoms with Crippen molar-refractivity contribution in [3.8, 4) is 0 Å². The number of nitrogens with zero attached hydrogens (tertiary/aromatic N) is 3. The van der Waals surface area contributed by atoms with Crippen LogP contribution in [-0.4, -0.2) is 33.6 Å². The molecule has 1 aromatic heterocycles. The first-order valence-corrected chi connectivity index (χ1v) is 9.62. The van der Waals surface area contributed by atoms with E-state index in [-0.39, 0.29) is 0 Å². The van der Waals surface area contributed by atoms with Gasteiger partial charge < -0.3 is 9.88 Å². The van der Waals surface area contributed by atoms with Gasteiger partial charge >= 0.3 is 0 Å². The zero-order chi connectivity index (χ0) is 15.1. The maximum atomic E-state index is 4.39. The predicted octanol–water partition coefficient (Wildman–Crippen LogP) is 3.51. The Morgan fingerprint density at radius 2 is 2.00 bits per heavy atom. The topological polar surface area (TPSA) is 42.7 Å². The van der Waals surface area contributed by atoms with E-state index in [0.717, 1.165) is 43.0 Å². The van der Waals surface area contributed by atoms with Crippen molar-refractivity contribution in [2.75, 3.05) is 12.8 Å². The van der Waals surface area contributed by atoms with Gasteiger partial charge in [-0.25, -0.2) is 0 Å². The minimum Gasteiger partial charge on any atom is -0.314 e. The normalized spacial score (nSPS) is 16.8. The summed E-state index contributed by atoms with van der Waals surface area (Å²) in [6.07, 6.45) is 11.2. The number of nitrogens with one attached hydrogen (secondary N) is 1. The molecule has 0 atom stereocenters. The van der Waals surface area contributed by atoms with Crippen LogP contribution in [-0.2, 0) is 13.0 Å². The van der Waals surface area contributed by atoms with Crippen LogP contribution in [0.5, 0.6) is 0 Å². The maximum absolute atomic E-state index is 4.39. The smallest absolute Gasteiger partial charge is 0.190 e. The van der Waals surface area contributed by atoms with Gasteiger partial charge in [-0.3, -0.25) is 0 Å². The molecule has 0 unspecified atom stereocenters. The van der Waals surface area contributed by atoms with E-state index in [1.807, 2.05) is 0 Å². The van der Waals surface area contributed by atoms with Gasteiger partial charge in [0, 0.05) is 19.0 Å². The molecule has 1 saturated carbocycles. The summed E-state index contributed by atoms with van der Waals surface area (Å²) in [6, 6.07) is 0.758. The predicted molar refractivity (Wildman–Crippen MR) is 89.8 cm³/mol. The highest BCUT2D eigenvalue weighted by Gasteiger charge is 2.14. The van der Waals surface area contributed by atoms with Crippen LogP contribution in [0.3, 0.4) is 0 Å². The van der Waals surface area contributed by atoms with Gasteiger partial charge in [0.15, 0.2) is 5.16 Å². The van der Waals surface area contributed by atoms with E-state index in [1.54, 1.807) is 11.8 Å². The van der Waals surface area contributed by atoms with E-state index in [9.17, 15) is 0 Å². The molecular formula is C16H30N4S. The van der Waals surface area contributed by atoms with E-state index >= 15 is 0 Å². The number of hydrogen-bond donors (Lipinski definition) is 1. The average molecular weight is 311 g/mol. The van der Waals surface area contributed by atoms with Crippen LogP contribution in [0.25, 0.3) is 0 Å². The third kappa shape index (κ3) is 5.29. The first-order chi connectivity index (χ1) is 10.2. The average Bonchev–Trinajstić information content (AvgIpc) is 2.86. The lowest BCUT2D eigenvalue weighted by Gasteiger charge is -2.22.